The summed E-state index contributed by atoms with van der Waals surface area (Å²) in [6, 6.07) is 11.1. The summed E-state index contributed by atoms with van der Waals surface area (Å²) in [4.78, 5) is 0. The highest BCUT2D eigenvalue weighted by Gasteiger charge is 1.98. The van der Waals surface area contributed by atoms with E-state index in [0.717, 1.165) is 16.5 Å². The lowest BCUT2D eigenvalue weighted by atomic mass is 10.1. The van der Waals surface area contributed by atoms with Crippen LogP contribution in [0.4, 0.5) is 0 Å². The van der Waals surface area contributed by atoms with Crippen LogP contribution in [0.25, 0.3) is 10.8 Å². The Bertz CT molecular complexity index is 494. The van der Waals surface area contributed by atoms with Gasteiger partial charge in [-0.1, -0.05) is 12.1 Å². The van der Waals surface area contributed by atoms with Crippen LogP contribution in [-0.2, 0) is 4.74 Å². The van der Waals surface area contributed by atoms with Crippen molar-refractivity contribution < 1.29 is 14.6 Å². The van der Waals surface area contributed by atoms with Crippen molar-refractivity contribution in [1.29, 1.82) is 0 Å². The third kappa shape index (κ3) is 3.11. The maximum absolute atomic E-state index is 9.41. The predicted molar refractivity (Wildman–Crippen MR) is 67.6 cm³/mol. The van der Waals surface area contributed by atoms with Gasteiger partial charge >= 0.3 is 0 Å². The maximum Gasteiger partial charge on any atom is 0.120 e. The topological polar surface area (TPSA) is 38.7 Å². The van der Waals surface area contributed by atoms with Crippen molar-refractivity contribution in [1.82, 2.24) is 0 Å². The number of phenolic OH excluding ortho intramolecular Hbond substituents is 1. The van der Waals surface area contributed by atoms with Gasteiger partial charge in [0.05, 0.1) is 6.61 Å². The first kappa shape index (κ1) is 11.7. The van der Waals surface area contributed by atoms with Gasteiger partial charge in [0.1, 0.15) is 18.1 Å². The Kier molecular flexibility index (Phi) is 3.83. The van der Waals surface area contributed by atoms with Crippen LogP contribution in [0.5, 0.6) is 11.5 Å². The summed E-state index contributed by atoms with van der Waals surface area (Å²) in [6.07, 6.45) is 0. The van der Waals surface area contributed by atoms with Gasteiger partial charge in [-0.25, -0.2) is 0 Å². The average Bonchev–Trinajstić information content (AvgIpc) is 2.34. The molecule has 0 aliphatic heterocycles. The van der Waals surface area contributed by atoms with Crippen molar-refractivity contribution >= 4 is 10.8 Å². The van der Waals surface area contributed by atoms with Crippen LogP contribution in [0.15, 0.2) is 36.4 Å². The third-order valence-electron chi connectivity index (χ3n) is 2.50. The quantitative estimate of drug-likeness (QED) is 0.805. The summed E-state index contributed by atoms with van der Waals surface area (Å²) in [5.74, 6) is 1.06. The van der Waals surface area contributed by atoms with Gasteiger partial charge in [-0.2, -0.15) is 0 Å². The molecule has 0 saturated heterocycles. The monoisotopic (exact) mass is 232 g/mol. The lowest BCUT2D eigenvalue weighted by molar-refractivity contribution is 0.110. The molecule has 0 aliphatic carbocycles. The number of rotatable bonds is 5. The molecule has 17 heavy (non-hydrogen) atoms. The second-order valence-corrected chi connectivity index (χ2v) is 3.74. The summed E-state index contributed by atoms with van der Waals surface area (Å²) in [5, 5.41) is 11.5. The standard InChI is InChI=1S/C14H16O3/c1-2-16-7-8-17-14-6-4-11-3-5-13(15)9-12(11)10-14/h3-6,9-10,15H,2,7-8H2,1H3. The summed E-state index contributed by atoms with van der Waals surface area (Å²) in [5.41, 5.74) is 0. The highest BCUT2D eigenvalue weighted by atomic mass is 16.5. The number of benzene rings is 2. The smallest absolute Gasteiger partial charge is 0.120 e. The molecule has 90 valence electrons. The van der Waals surface area contributed by atoms with E-state index in [1.807, 2.05) is 31.2 Å². The normalized spacial score (nSPS) is 10.6. The fourth-order valence-corrected chi connectivity index (χ4v) is 1.66. The first-order valence-corrected chi connectivity index (χ1v) is 5.73. The van der Waals surface area contributed by atoms with E-state index < -0.39 is 0 Å². The van der Waals surface area contributed by atoms with Crippen LogP contribution in [0, 0.1) is 0 Å². The molecule has 1 N–H and O–H groups in total. The lowest BCUT2D eigenvalue weighted by Gasteiger charge is -2.07. The van der Waals surface area contributed by atoms with Crippen molar-refractivity contribution in [2.75, 3.05) is 19.8 Å². The summed E-state index contributed by atoms with van der Waals surface area (Å²) >= 11 is 0. The Hall–Kier alpha value is -1.74. The molecule has 2 rings (SSSR count). The Labute approximate surface area is 101 Å². The van der Waals surface area contributed by atoms with Gasteiger partial charge in [0.15, 0.2) is 0 Å². The zero-order valence-corrected chi connectivity index (χ0v) is 9.85. The van der Waals surface area contributed by atoms with E-state index >= 15 is 0 Å². The third-order valence-corrected chi connectivity index (χ3v) is 2.50. The van der Waals surface area contributed by atoms with Gasteiger partial charge in [0, 0.05) is 6.61 Å². The summed E-state index contributed by atoms with van der Waals surface area (Å²) in [6.45, 7) is 3.79. The van der Waals surface area contributed by atoms with E-state index in [4.69, 9.17) is 9.47 Å². The van der Waals surface area contributed by atoms with Crippen LogP contribution in [0.1, 0.15) is 6.92 Å². The van der Waals surface area contributed by atoms with E-state index in [1.165, 1.54) is 0 Å². The maximum atomic E-state index is 9.41. The van der Waals surface area contributed by atoms with E-state index in [9.17, 15) is 5.11 Å². The van der Waals surface area contributed by atoms with Crippen molar-refractivity contribution in [3.63, 3.8) is 0 Å². The zero-order chi connectivity index (χ0) is 12.1. The molecule has 0 spiro atoms. The molecular formula is C14H16O3. The van der Waals surface area contributed by atoms with Crippen molar-refractivity contribution in [3.8, 4) is 11.5 Å². The number of hydrogen-bond acceptors (Lipinski definition) is 3. The first-order valence-electron chi connectivity index (χ1n) is 5.73. The highest BCUT2D eigenvalue weighted by Crippen LogP contribution is 2.24. The lowest BCUT2D eigenvalue weighted by Crippen LogP contribution is -2.06. The van der Waals surface area contributed by atoms with Gasteiger partial charge in [-0.05, 0) is 42.0 Å². The molecule has 3 heteroatoms. The Morgan fingerprint density at radius 2 is 1.82 bits per heavy atom. The van der Waals surface area contributed by atoms with Gasteiger partial charge in [-0.15, -0.1) is 0 Å². The van der Waals surface area contributed by atoms with Crippen LogP contribution in [-0.4, -0.2) is 24.9 Å². The molecule has 0 bridgehead atoms. The van der Waals surface area contributed by atoms with E-state index in [1.54, 1.807) is 12.1 Å². The first-order chi connectivity index (χ1) is 8.29. The molecule has 0 aromatic heterocycles. The van der Waals surface area contributed by atoms with Crippen molar-refractivity contribution in [2.24, 2.45) is 0 Å². The van der Waals surface area contributed by atoms with Gasteiger partial charge in [0.25, 0.3) is 0 Å². The molecule has 0 fully saturated rings. The van der Waals surface area contributed by atoms with Crippen LogP contribution in [0.2, 0.25) is 0 Å². The number of fused-ring (bicyclic) bond motifs is 1. The molecular weight excluding hydrogens is 216 g/mol. The number of hydrogen-bond donors (Lipinski definition) is 1. The molecule has 0 aliphatic rings. The summed E-state index contributed by atoms with van der Waals surface area (Å²) in [7, 11) is 0. The number of ether oxygens (including phenoxy) is 2. The van der Waals surface area contributed by atoms with Crippen LogP contribution >= 0.6 is 0 Å². The second kappa shape index (κ2) is 5.55. The molecule has 0 atom stereocenters. The minimum Gasteiger partial charge on any atom is -0.508 e. The Morgan fingerprint density at radius 1 is 1.00 bits per heavy atom. The molecule has 3 nitrogen and oxygen atoms in total. The fourth-order valence-electron chi connectivity index (χ4n) is 1.66. The summed E-state index contributed by atoms with van der Waals surface area (Å²) < 4.78 is 10.7. The minimum atomic E-state index is 0.268. The molecule has 0 radical (unpaired) electrons. The molecule has 0 heterocycles. The number of aromatic hydroxyl groups is 1. The van der Waals surface area contributed by atoms with E-state index in [-0.39, 0.29) is 5.75 Å². The minimum absolute atomic E-state index is 0.268. The largest absolute Gasteiger partial charge is 0.508 e. The van der Waals surface area contributed by atoms with Crippen LogP contribution in [0.3, 0.4) is 0 Å². The van der Waals surface area contributed by atoms with E-state index in [0.29, 0.717) is 19.8 Å². The second-order valence-electron chi connectivity index (χ2n) is 3.74. The molecule has 2 aromatic rings. The Morgan fingerprint density at radius 3 is 2.65 bits per heavy atom. The molecule has 2 aromatic carbocycles. The molecule has 0 saturated carbocycles. The predicted octanol–water partition coefficient (Wildman–Crippen LogP) is 2.96. The Balaban J connectivity index is 2.08. The van der Waals surface area contributed by atoms with Gasteiger partial charge < -0.3 is 14.6 Å². The van der Waals surface area contributed by atoms with Crippen molar-refractivity contribution in [3.05, 3.63) is 36.4 Å². The van der Waals surface area contributed by atoms with E-state index in [2.05, 4.69) is 0 Å². The average molecular weight is 232 g/mol. The molecule has 0 amide bonds. The zero-order valence-electron chi connectivity index (χ0n) is 9.85. The van der Waals surface area contributed by atoms with Crippen molar-refractivity contribution in [2.45, 2.75) is 6.92 Å². The molecule has 0 unspecified atom stereocenters. The SMILES string of the molecule is CCOCCOc1ccc2ccc(O)cc2c1. The van der Waals surface area contributed by atoms with Gasteiger partial charge in [0.2, 0.25) is 0 Å². The van der Waals surface area contributed by atoms with Crippen LogP contribution < -0.4 is 4.74 Å². The number of phenols is 1. The fraction of sp³-hybridized carbons (Fsp3) is 0.286. The van der Waals surface area contributed by atoms with Gasteiger partial charge in [-0.3, -0.25) is 0 Å². The highest BCUT2D eigenvalue weighted by molar-refractivity contribution is 5.85.